The first-order valence-electron chi connectivity index (χ1n) is 7.38. The van der Waals surface area contributed by atoms with Gasteiger partial charge >= 0.3 is 5.97 Å². The highest BCUT2D eigenvalue weighted by atomic mass is 16.5. The number of hydrogen-bond donors (Lipinski definition) is 4. The standard InChI is InChI=1S/C14H24O8/c1-2-21-11(17)5-3-4-8(16)6-9-12(18)14(20)13(19)10(7-15)22-9/h9-10,12-15,18-20H,2-7H2,1H3/t9-,10?,12-,13+,14?/m0/s1. The van der Waals surface area contributed by atoms with E-state index in [9.17, 15) is 24.9 Å². The summed E-state index contributed by atoms with van der Waals surface area (Å²) in [5.74, 6) is -0.614. The largest absolute Gasteiger partial charge is 0.466 e. The predicted octanol–water partition coefficient (Wildman–Crippen LogP) is -1.48. The summed E-state index contributed by atoms with van der Waals surface area (Å²) in [5, 5.41) is 38.1. The van der Waals surface area contributed by atoms with E-state index < -0.39 is 37.1 Å². The maximum atomic E-state index is 11.8. The highest BCUT2D eigenvalue weighted by Gasteiger charge is 2.43. The summed E-state index contributed by atoms with van der Waals surface area (Å²) in [4.78, 5) is 23.0. The third-order valence-electron chi connectivity index (χ3n) is 3.56. The van der Waals surface area contributed by atoms with E-state index in [0.717, 1.165) is 0 Å². The van der Waals surface area contributed by atoms with Crippen molar-refractivity contribution in [2.45, 2.75) is 63.1 Å². The first kappa shape index (κ1) is 19.0. The fourth-order valence-electron chi connectivity index (χ4n) is 2.34. The average Bonchev–Trinajstić information content (AvgIpc) is 2.48. The summed E-state index contributed by atoms with van der Waals surface area (Å²) < 4.78 is 9.99. The normalized spacial score (nSPS) is 31.8. The Bertz CT molecular complexity index is 370. The first-order chi connectivity index (χ1) is 10.4. The maximum Gasteiger partial charge on any atom is 0.305 e. The molecule has 8 nitrogen and oxygen atoms in total. The SMILES string of the molecule is CCOC(=O)CCCC(=O)C[C@@H]1OC(CO)[C@@H](O)C(O)[C@H]1O. The van der Waals surface area contributed by atoms with Crippen LogP contribution in [0.5, 0.6) is 0 Å². The van der Waals surface area contributed by atoms with Gasteiger partial charge in [-0.1, -0.05) is 0 Å². The van der Waals surface area contributed by atoms with Crippen molar-refractivity contribution in [1.82, 2.24) is 0 Å². The lowest BCUT2D eigenvalue weighted by molar-refractivity contribution is -0.229. The molecule has 0 saturated carbocycles. The highest BCUT2D eigenvalue weighted by molar-refractivity contribution is 5.79. The molecule has 5 atom stereocenters. The Labute approximate surface area is 128 Å². The number of hydrogen-bond acceptors (Lipinski definition) is 8. The molecule has 0 spiro atoms. The molecule has 0 amide bonds. The molecule has 1 rings (SSSR count). The zero-order valence-electron chi connectivity index (χ0n) is 12.6. The van der Waals surface area contributed by atoms with Gasteiger partial charge in [0.15, 0.2) is 0 Å². The summed E-state index contributed by atoms with van der Waals surface area (Å²) in [5.41, 5.74) is 0. The van der Waals surface area contributed by atoms with Crippen molar-refractivity contribution in [3.63, 3.8) is 0 Å². The molecule has 128 valence electrons. The summed E-state index contributed by atoms with van der Waals surface area (Å²) in [6.07, 6.45) is -5.92. The zero-order chi connectivity index (χ0) is 16.7. The number of rotatable bonds is 8. The third kappa shape index (κ3) is 5.29. The fraction of sp³-hybridized carbons (Fsp3) is 0.857. The van der Waals surface area contributed by atoms with E-state index in [-0.39, 0.29) is 37.6 Å². The van der Waals surface area contributed by atoms with Crippen molar-refractivity contribution in [3.05, 3.63) is 0 Å². The van der Waals surface area contributed by atoms with Crippen LogP contribution in [-0.4, -0.2) is 75.9 Å². The number of ether oxygens (including phenoxy) is 2. The Balaban J connectivity index is 2.41. The van der Waals surface area contributed by atoms with Crippen LogP contribution in [0.3, 0.4) is 0 Å². The fourth-order valence-corrected chi connectivity index (χ4v) is 2.34. The van der Waals surface area contributed by atoms with Crippen LogP contribution in [0, 0.1) is 0 Å². The number of esters is 1. The second kappa shape index (κ2) is 9.16. The third-order valence-corrected chi connectivity index (χ3v) is 3.56. The van der Waals surface area contributed by atoms with E-state index in [4.69, 9.17) is 14.6 Å². The highest BCUT2D eigenvalue weighted by Crippen LogP contribution is 2.23. The molecule has 4 N–H and O–H groups in total. The molecule has 0 radical (unpaired) electrons. The lowest BCUT2D eigenvalue weighted by Crippen LogP contribution is -2.58. The summed E-state index contributed by atoms with van der Waals surface area (Å²) in [6.45, 7) is 1.46. The van der Waals surface area contributed by atoms with Crippen molar-refractivity contribution < 1.29 is 39.5 Å². The van der Waals surface area contributed by atoms with Gasteiger partial charge in [0.05, 0.1) is 19.3 Å². The van der Waals surface area contributed by atoms with Gasteiger partial charge in [-0.3, -0.25) is 9.59 Å². The van der Waals surface area contributed by atoms with Crippen molar-refractivity contribution in [3.8, 4) is 0 Å². The summed E-state index contributed by atoms with van der Waals surface area (Å²) in [7, 11) is 0. The molecule has 2 unspecified atom stereocenters. The van der Waals surface area contributed by atoms with Crippen molar-refractivity contribution >= 4 is 11.8 Å². The minimum atomic E-state index is -1.48. The van der Waals surface area contributed by atoms with Crippen molar-refractivity contribution in [1.29, 1.82) is 0 Å². The van der Waals surface area contributed by atoms with Crippen LogP contribution >= 0.6 is 0 Å². The minimum absolute atomic E-state index is 0.119. The number of aliphatic hydroxyl groups excluding tert-OH is 4. The second-order valence-electron chi connectivity index (χ2n) is 5.27. The molecule has 1 aliphatic rings. The topological polar surface area (TPSA) is 134 Å². The van der Waals surface area contributed by atoms with E-state index in [1.54, 1.807) is 6.92 Å². The van der Waals surface area contributed by atoms with Gasteiger partial charge in [-0.15, -0.1) is 0 Å². The van der Waals surface area contributed by atoms with Crippen LogP contribution in [0.1, 0.15) is 32.6 Å². The van der Waals surface area contributed by atoms with Gasteiger partial charge in [0.1, 0.15) is 30.2 Å². The predicted molar refractivity (Wildman–Crippen MR) is 73.9 cm³/mol. The monoisotopic (exact) mass is 320 g/mol. The molecule has 0 aromatic carbocycles. The number of aliphatic hydroxyl groups is 4. The number of carbonyl (C=O) groups is 2. The van der Waals surface area contributed by atoms with Gasteiger partial charge in [0.25, 0.3) is 0 Å². The number of carbonyl (C=O) groups excluding carboxylic acids is 2. The second-order valence-corrected chi connectivity index (χ2v) is 5.27. The van der Waals surface area contributed by atoms with Gasteiger partial charge in [-0.25, -0.2) is 0 Å². The number of ketones is 1. The van der Waals surface area contributed by atoms with Crippen molar-refractivity contribution in [2.24, 2.45) is 0 Å². The van der Waals surface area contributed by atoms with E-state index in [0.29, 0.717) is 6.42 Å². The minimum Gasteiger partial charge on any atom is -0.466 e. The molecule has 1 aliphatic heterocycles. The van der Waals surface area contributed by atoms with E-state index in [1.807, 2.05) is 0 Å². The van der Waals surface area contributed by atoms with Crippen LogP contribution in [0.25, 0.3) is 0 Å². The molecule has 1 fully saturated rings. The Hall–Kier alpha value is -1.06. The molecular formula is C14H24O8. The first-order valence-corrected chi connectivity index (χ1v) is 7.38. The Morgan fingerprint density at radius 3 is 2.27 bits per heavy atom. The van der Waals surface area contributed by atoms with Crippen molar-refractivity contribution in [2.75, 3.05) is 13.2 Å². The summed E-state index contributed by atoms with van der Waals surface area (Å²) >= 11 is 0. The summed E-state index contributed by atoms with van der Waals surface area (Å²) in [6, 6.07) is 0. The van der Waals surface area contributed by atoms with Gasteiger partial charge in [-0.05, 0) is 13.3 Å². The molecule has 0 aromatic heterocycles. The molecular weight excluding hydrogens is 296 g/mol. The Morgan fingerprint density at radius 1 is 1.05 bits per heavy atom. The average molecular weight is 320 g/mol. The van der Waals surface area contributed by atoms with Gasteiger partial charge < -0.3 is 29.9 Å². The smallest absolute Gasteiger partial charge is 0.305 e. The zero-order valence-corrected chi connectivity index (χ0v) is 12.6. The lowest BCUT2D eigenvalue weighted by Gasteiger charge is -2.39. The molecule has 8 heteroatoms. The molecule has 1 saturated heterocycles. The molecule has 22 heavy (non-hydrogen) atoms. The van der Waals surface area contributed by atoms with Gasteiger partial charge in [-0.2, -0.15) is 0 Å². The Kier molecular flexibility index (Phi) is 7.91. The molecule has 0 aromatic rings. The van der Waals surface area contributed by atoms with Gasteiger partial charge in [0, 0.05) is 19.3 Å². The maximum absolute atomic E-state index is 11.8. The molecule has 0 aliphatic carbocycles. The van der Waals surface area contributed by atoms with E-state index >= 15 is 0 Å². The Morgan fingerprint density at radius 2 is 1.68 bits per heavy atom. The number of Topliss-reactive ketones (excluding diaryl/α,β-unsaturated/α-hetero) is 1. The van der Waals surface area contributed by atoms with Crippen LogP contribution in [-0.2, 0) is 19.1 Å². The van der Waals surface area contributed by atoms with Crippen LogP contribution in [0.15, 0.2) is 0 Å². The molecule has 0 bridgehead atoms. The van der Waals surface area contributed by atoms with E-state index in [1.165, 1.54) is 0 Å². The van der Waals surface area contributed by atoms with E-state index in [2.05, 4.69) is 0 Å². The molecule has 1 heterocycles. The quantitative estimate of drug-likeness (QED) is 0.398. The van der Waals surface area contributed by atoms with Gasteiger partial charge in [0.2, 0.25) is 0 Å². The van der Waals surface area contributed by atoms with Crippen LogP contribution < -0.4 is 0 Å². The lowest BCUT2D eigenvalue weighted by atomic mass is 9.92. The van der Waals surface area contributed by atoms with Crippen LogP contribution in [0.4, 0.5) is 0 Å². The van der Waals surface area contributed by atoms with Crippen LogP contribution in [0.2, 0.25) is 0 Å².